The summed E-state index contributed by atoms with van der Waals surface area (Å²) in [6.07, 6.45) is 2.53. The van der Waals surface area contributed by atoms with Crippen molar-refractivity contribution in [2.45, 2.75) is 31.3 Å². The average molecular weight is 477 g/mol. The Labute approximate surface area is 204 Å². The Balaban J connectivity index is 1.37. The minimum Gasteiger partial charge on any atom is -0.489 e. The number of likely N-dealkylation sites (N-methyl/N-ethyl adjacent to an activating group) is 1. The van der Waals surface area contributed by atoms with Crippen molar-refractivity contribution in [3.05, 3.63) is 71.8 Å². The predicted molar refractivity (Wildman–Crippen MR) is 135 cm³/mol. The van der Waals surface area contributed by atoms with Crippen LogP contribution < -0.4 is 20.3 Å². The van der Waals surface area contributed by atoms with Crippen LogP contribution >= 0.6 is 12.2 Å². The van der Waals surface area contributed by atoms with Crippen molar-refractivity contribution in [1.82, 2.24) is 25.4 Å². The monoisotopic (exact) mass is 476 g/mol. The number of hydrogen-bond donors (Lipinski definition) is 2. The van der Waals surface area contributed by atoms with Gasteiger partial charge >= 0.3 is 0 Å². The van der Waals surface area contributed by atoms with E-state index >= 15 is 0 Å². The molecule has 0 saturated carbocycles. The van der Waals surface area contributed by atoms with Crippen LogP contribution in [0.1, 0.15) is 40.9 Å². The molecule has 2 aliphatic rings. The summed E-state index contributed by atoms with van der Waals surface area (Å²) in [4.78, 5) is 20.4. The normalized spacial score (nSPS) is 18.7. The van der Waals surface area contributed by atoms with Gasteiger partial charge in [0.25, 0.3) is 5.91 Å². The molecule has 1 amide bonds. The first-order valence-corrected chi connectivity index (χ1v) is 12.0. The molecule has 1 fully saturated rings. The van der Waals surface area contributed by atoms with Gasteiger partial charge in [0.1, 0.15) is 29.2 Å². The predicted octanol–water partition coefficient (Wildman–Crippen LogP) is 2.75. The maximum absolute atomic E-state index is 13.3. The van der Waals surface area contributed by atoms with Gasteiger partial charge in [-0.2, -0.15) is 0 Å². The fourth-order valence-corrected chi connectivity index (χ4v) is 4.70. The standard InChI is InChI=1S/C25H28N6O2S/c1-30-20-9-5-6-10-21(20)33-16-19(25(30)34)27-24(32)23-28-22(15-17-7-3-2-4-8-17)31(29-23)18-11-13-26-14-12-18/h2-10,18-19,26H,11-16H2,1H3,(H,27,32)/t19-/m0/s1. The lowest BCUT2D eigenvalue weighted by Crippen LogP contribution is -2.48. The van der Waals surface area contributed by atoms with Gasteiger partial charge < -0.3 is 20.3 Å². The lowest BCUT2D eigenvalue weighted by Gasteiger charge is -2.24. The fourth-order valence-electron chi connectivity index (χ4n) is 4.47. The SMILES string of the molecule is CN1C(=S)[C@@H](NC(=O)c2nc(Cc3ccccc3)n(C3CCNCC3)n2)COc2ccccc21. The molecule has 2 N–H and O–H groups in total. The number of para-hydroxylation sites is 2. The van der Waals surface area contributed by atoms with E-state index in [-0.39, 0.29) is 24.4 Å². The molecule has 9 heteroatoms. The number of thiocarbonyl (C=S) groups is 1. The summed E-state index contributed by atoms with van der Waals surface area (Å²) in [5.74, 6) is 1.35. The number of fused-ring (bicyclic) bond motifs is 1. The number of anilines is 1. The topological polar surface area (TPSA) is 84.3 Å². The Morgan fingerprint density at radius 3 is 2.68 bits per heavy atom. The summed E-state index contributed by atoms with van der Waals surface area (Å²) in [6, 6.07) is 17.6. The van der Waals surface area contributed by atoms with E-state index in [0.29, 0.717) is 11.4 Å². The zero-order valence-electron chi connectivity index (χ0n) is 19.1. The molecule has 0 aliphatic carbocycles. The van der Waals surface area contributed by atoms with Gasteiger partial charge in [-0.05, 0) is 43.6 Å². The summed E-state index contributed by atoms with van der Waals surface area (Å²) in [5, 5.41) is 11.1. The molecule has 0 spiro atoms. The highest BCUT2D eigenvalue weighted by Gasteiger charge is 2.30. The molecule has 2 aromatic carbocycles. The van der Waals surface area contributed by atoms with Crippen LogP contribution in [0.25, 0.3) is 0 Å². The molecule has 8 nitrogen and oxygen atoms in total. The number of carbonyl (C=O) groups is 1. The minimum absolute atomic E-state index is 0.164. The maximum atomic E-state index is 13.3. The third-order valence-corrected chi connectivity index (χ3v) is 6.89. The molecule has 5 rings (SSSR count). The van der Waals surface area contributed by atoms with Gasteiger partial charge in [-0.15, -0.1) is 5.10 Å². The van der Waals surface area contributed by atoms with Crippen molar-refractivity contribution in [3.63, 3.8) is 0 Å². The van der Waals surface area contributed by atoms with Crippen LogP contribution in [0.5, 0.6) is 5.75 Å². The third kappa shape index (κ3) is 4.67. The molecule has 3 heterocycles. The van der Waals surface area contributed by atoms with Crippen LogP contribution in [0.4, 0.5) is 5.69 Å². The van der Waals surface area contributed by atoms with Crippen molar-refractivity contribution in [2.24, 2.45) is 0 Å². The minimum atomic E-state index is -0.469. The Kier molecular flexibility index (Phi) is 6.55. The Morgan fingerprint density at radius 1 is 1.15 bits per heavy atom. The number of rotatable bonds is 5. The van der Waals surface area contributed by atoms with E-state index in [9.17, 15) is 4.79 Å². The highest BCUT2D eigenvalue weighted by Crippen LogP contribution is 2.30. The Bertz CT molecular complexity index is 1180. The van der Waals surface area contributed by atoms with Crippen molar-refractivity contribution in [1.29, 1.82) is 0 Å². The van der Waals surface area contributed by atoms with E-state index in [2.05, 4.69) is 32.8 Å². The molecule has 2 aliphatic heterocycles. The van der Waals surface area contributed by atoms with E-state index in [4.69, 9.17) is 17.0 Å². The highest BCUT2D eigenvalue weighted by atomic mass is 32.1. The first-order chi connectivity index (χ1) is 16.6. The Hall–Kier alpha value is -3.30. The smallest absolute Gasteiger partial charge is 0.291 e. The molecule has 0 bridgehead atoms. The summed E-state index contributed by atoms with van der Waals surface area (Å²) < 4.78 is 7.90. The zero-order valence-corrected chi connectivity index (χ0v) is 19.9. The number of nitrogens with one attached hydrogen (secondary N) is 2. The van der Waals surface area contributed by atoms with E-state index in [1.807, 2.05) is 59.1 Å². The molecule has 34 heavy (non-hydrogen) atoms. The van der Waals surface area contributed by atoms with Crippen molar-refractivity contribution in [3.8, 4) is 5.75 Å². The van der Waals surface area contributed by atoms with Crippen LogP contribution in [0.3, 0.4) is 0 Å². The number of hydrogen-bond acceptors (Lipinski definition) is 6. The summed E-state index contributed by atoms with van der Waals surface area (Å²) in [7, 11) is 1.89. The summed E-state index contributed by atoms with van der Waals surface area (Å²) in [5.41, 5.74) is 2.01. The lowest BCUT2D eigenvalue weighted by molar-refractivity contribution is 0.0926. The van der Waals surface area contributed by atoms with E-state index < -0.39 is 6.04 Å². The molecular weight excluding hydrogens is 448 g/mol. The van der Waals surface area contributed by atoms with Gasteiger partial charge in [-0.25, -0.2) is 9.67 Å². The van der Waals surface area contributed by atoms with Gasteiger partial charge in [0.15, 0.2) is 0 Å². The second-order valence-corrected chi connectivity index (χ2v) is 9.06. The van der Waals surface area contributed by atoms with Gasteiger partial charge in [0.2, 0.25) is 5.82 Å². The number of benzene rings is 2. The number of piperidine rings is 1. The molecule has 0 unspecified atom stereocenters. The molecule has 0 radical (unpaired) electrons. The Morgan fingerprint density at radius 2 is 1.88 bits per heavy atom. The molecule has 1 atom stereocenters. The van der Waals surface area contributed by atoms with Crippen LogP contribution in [-0.2, 0) is 6.42 Å². The van der Waals surface area contributed by atoms with E-state index in [0.717, 1.165) is 48.8 Å². The quantitative estimate of drug-likeness (QED) is 0.548. The second-order valence-electron chi connectivity index (χ2n) is 8.64. The van der Waals surface area contributed by atoms with Gasteiger partial charge in [-0.3, -0.25) is 4.79 Å². The molecular formula is C25H28N6O2S. The fraction of sp³-hybridized carbons (Fsp3) is 0.360. The van der Waals surface area contributed by atoms with Gasteiger partial charge in [-0.1, -0.05) is 54.7 Å². The maximum Gasteiger partial charge on any atom is 0.291 e. The van der Waals surface area contributed by atoms with E-state index in [1.54, 1.807) is 0 Å². The van der Waals surface area contributed by atoms with Crippen LogP contribution in [0.2, 0.25) is 0 Å². The molecule has 1 saturated heterocycles. The molecule has 176 valence electrons. The number of aromatic nitrogens is 3. The average Bonchev–Trinajstić information content (AvgIpc) is 3.26. The molecule has 1 aromatic heterocycles. The summed E-state index contributed by atoms with van der Waals surface area (Å²) in [6.45, 7) is 2.10. The largest absolute Gasteiger partial charge is 0.489 e. The van der Waals surface area contributed by atoms with Crippen molar-refractivity contribution < 1.29 is 9.53 Å². The molecule has 3 aromatic rings. The third-order valence-electron chi connectivity index (χ3n) is 6.33. The second kappa shape index (κ2) is 9.90. The highest BCUT2D eigenvalue weighted by molar-refractivity contribution is 7.80. The number of carbonyl (C=O) groups excluding carboxylic acids is 1. The lowest BCUT2D eigenvalue weighted by atomic mass is 10.1. The number of amides is 1. The number of ether oxygens (including phenoxy) is 1. The van der Waals surface area contributed by atoms with Crippen molar-refractivity contribution in [2.75, 3.05) is 31.6 Å². The number of nitrogens with zero attached hydrogens (tertiary/aromatic N) is 4. The summed E-state index contributed by atoms with van der Waals surface area (Å²) >= 11 is 5.68. The van der Waals surface area contributed by atoms with Crippen LogP contribution in [-0.4, -0.2) is 58.4 Å². The first-order valence-electron chi connectivity index (χ1n) is 11.6. The first kappa shape index (κ1) is 22.5. The van der Waals surface area contributed by atoms with Crippen LogP contribution in [0, 0.1) is 0 Å². The van der Waals surface area contributed by atoms with Crippen LogP contribution in [0.15, 0.2) is 54.6 Å². The van der Waals surface area contributed by atoms with Crippen molar-refractivity contribution >= 4 is 28.8 Å². The van der Waals surface area contributed by atoms with Gasteiger partial charge in [0, 0.05) is 13.5 Å². The zero-order chi connectivity index (χ0) is 23.5. The van der Waals surface area contributed by atoms with E-state index in [1.165, 1.54) is 0 Å². The van der Waals surface area contributed by atoms with Gasteiger partial charge in [0.05, 0.1) is 11.7 Å².